The second-order valence-corrected chi connectivity index (χ2v) is 7.17. The predicted molar refractivity (Wildman–Crippen MR) is 135 cm³/mol. The quantitative estimate of drug-likeness (QED) is 0.138. The number of nitrogens with one attached hydrogen (secondary N) is 1. The van der Waals surface area contributed by atoms with Gasteiger partial charge in [0.05, 0.1) is 4.11 Å². The topological polar surface area (TPSA) is 69.6 Å². The summed E-state index contributed by atoms with van der Waals surface area (Å²) in [6.07, 6.45) is 21.2. The first-order valence-corrected chi connectivity index (χ1v) is 11.3. The van der Waals surface area contributed by atoms with Crippen molar-refractivity contribution in [1.29, 1.82) is 0 Å². The van der Waals surface area contributed by atoms with Crippen LogP contribution in [0.5, 0.6) is 11.5 Å². The van der Waals surface area contributed by atoms with Gasteiger partial charge >= 0.3 is 0 Å². The molecular weight excluding hydrogens is 398 g/mol. The normalized spacial score (nSPS) is 16.5. The Balaban J connectivity index is 2.52. The summed E-state index contributed by atoms with van der Waals surface area (Å²) in [5.41, 5.74) is -1.04. The average molecular weight is 448 g/mol. The zero-order chi connectivity index (χ0) is 30.3. The fourth-order valence-corrected chi connectivity index (χ4v) is 2.59. The predicted octanol–water partition coefficient (Wildman–Crippen LogP) is 6.90. The van der Waals surface area contributed by atoms with Crippen molar-refractivity contribution < 1.29 is 26.0 Å². The molecule has 0 unspecified atom stereocenters. The third-order valence-corrected chi connectivity index (χ3v) is 4.35. The molecule has 0 aliphatic heterocycles. The van der Waals surface area contributed by atoms with E-state index in [2.05, 4.69) is 37.3 Å². The van der Waals surface area contributed by atoms with Gasteiger partial charge in [0.2, 0.25) is 5.91 Å². The summed E-state index contributed by atoms with van der Waals surface area (Å²) in [6.45, 7) is -1.15. The molecule has 0 bridgehead atoms. The minimum atomic E-state index is -3.34. The van der Waals surface area contributed by atoms with Crippen LogP contribution in [-0.4, -0.2) is 22.6 Å². The van der Waals surface area contributed by atoms with Crippen LogP contribution in [0.25, 0.3) is 0 Å². The first kappa shape index (κ1) is 16.8. The van der Waals surface area contributed by atoms with Crippen molar-refractivity contribution in [1.82, 2.24) is 5.31 Å². The molecule has 1 amide bonds. The molecule has 1 aromatic carbocycles. The van der Waals surface area contributed by atoms with Gasteiger partial charge in [-0.2, -0.15) is 0 Å². The number of benzene rings is 1. The number of rotatable bonds is 17. The summed E-state index contributed by atoms with van der Waals surface area (Å²) in [5.74, 6) is -3.29. The molecule has 0 radical (unpaired) electrons. The molecule has 0 aromatic heterocycles. The molecule has 32 heavy (non-hydrogen) atoms. The highest BCUT2D eigenvalue weighted by molar-refractivity contribution is 5.75. The molecule has 1 rings (SSSR count). The van der Waals surface area contributed by atoms with Gasteiger partial charge in [0.1, 0.15) is 0 Å². The van der Waals surface area contributed by atoms with Crippen molar-refractivity contribution in [3.05, 3.63) is 72.3 Å². The average Bonchev–Trinajstić information content (AvgIpc) is 2.91. The van der Waals surface area contributed by atoms with Crippen LogP contribution < -0.4 is 5.31 Å². The number of carbonyl (C=O) groups is 1. The summed E-state index contributed by atoms with van der Waals surface area (Å²) < 4.78 is 63.8. The monoisotopic (exact) mass is 447 g/mol. The van der Waals surface area contributed by atoms with Gasteiger partial charge in [-0.15, -0.1) is 0 Å². The van der Waals surface area contributed by atoms with Crippen LogP contribution in [0, 0.1) is 0 Å². The summed E-state index contributed by atoms with van der Waals surface area (Å²) in [6, 6.07) is -3.10. The summed E-state index contributed by atoms with van der Waals surface area (Å²) >= 11 is 0. The maximum atomic E-state index is 12.5. The Morgan fingerprint density at radius 3 is 2.16 bits per heavy atom. The molecule has 0 saturated heterocycles. The molecule has 0 atom stereocenters. The van der Waals surface area contributed by atoms with Crippen LogP contribution in [0.15, 0.2) is 66.7 Å². The van der Waals surface area contributed by atoms with Crippen LogP contribution in [0.3, 0.4) is 0 Å². The van der Waals surface area contributed by atoms with E-state index >= 15 is 0 Å². The van der Waals surface area contributed by atoms with Gasteiger partial charge in [0.25, 0.3) is 0 Å². The van der Waals surface area contributed by atoms with Gasteiger partial charge < -0.3 is 15.5 Å². The van der Waals surface area contributed by atoms with Gasteiger partial charge in [0.15, 0.2) is 12.9 Å². The number of phenolic OH excluding ortho intramolecular Hbond substituents is 2. The zero-order valence-corrected chi connectivity index (χ0v) is 18.9. The van der Waals surface area contributed by atoms with Crippen molar-refractivity contribution in [3.63, 3.8) is 0 Å². The number of carbonyl (C=O) groups excluding carboxylic acids is 1. The Morgan fingerprint density at radius 1 is 0.938 bits per heavy atom. The van der Waals surface area contributed by atoms with Crippen molar-refractivity contribution in [2.24, 2.45) is 0 Å². The van der Waals surface area contributed by atoms with Crippen LogP contribution in [0.2, 0.25) is 1.41 Å². The number of hydrogen-bond acceptors (Lipinski definition) is 3. The van der Waals surface area contributed by atoms with E-state index in [0.717, 1.165) is 25.7 Å². The molecule has 4 heteroatoms. The number of amides is 1. The SMILES string of the molecule is [2H]c1c([2H])c(C([2H])([2H])C([2H])([2H])N([2H])C(=O)CCC/C=C\C/C=C\C/C=C\C/C=C\CCCCC)c([2H])c(O)c1O. The van der Waals surface area contributed by atoms with E-state index in [1.807, 2.05) is 18.2 Å². The van der Waals surface area contributed by atoms with Gasteiger partial charge in [-0.1, -0.05) is 74.4 Å². The van der Waals surface area contributed by atoms with Crippen molar-refractivity contribution in [2.45, 2.75) is 77.5 Å². The Kier molecular flexibility index (Phi) is 9.98. The van der Waals surface area contributed by atoms with E-state index < -0.39 is 54.0 Å². The van der Waals surface area contributed by atoms with E-state index in [-0.39, 0.29) is 11.7 Å². The molecular formula is C28H41NO3. The van der Waals surface area contributed by atoms with Crippen LogP contribution in [0.1, 0.15) is 86.3 Å². The minimum Gasteiger partial charge on any atom is -0.504 e. The molecule has 4 nitrogen and oxygen atoms in total. The maximum Gasteiger partial charge on any atom is 0.220 e. The van der Waals surface area contributed by atoms with Crippen molar-refractivity contribution in [2.75, 3.05) is 6.50 Å². The first-order valence-electron chi connectivity index (χ1n) is 15.2. The smallest absolute Gasteiger partial charge is 0.220 e. The van der Waals surface area contributed by atoms with Crippen molar-refractivity contribution in [3.8, 4) is 11.5 Å². The van der Waals surface area contributed by atoms with E-state index in [1.54, 1.807) is 0 Å². The third kappa shape index (κ3) is 15.1. The number of unbranched alkanes of at least 4 members (excludes halogenated alkanes) is 4. The lowest BCUT2D eigenvalue weighted by molar-refractivity contribution is -0.121. The highest BCUT2D eigenvalue weighted by Gasteiger charge is 2.03. The molecule has 0 aliphatic rings. The van der Waals surface area contributed by atoms with Gasteiger partial charge in [-0.25, -0.2) is 0 Å². The molecule has 0 fully saturated rings. The number of aromatic hydroxyl groups is 2. The lowest BCUT2D eigenvalue weighted by Crippen LogP contribution is -2.25. The van der Waals surface area contributed by atoms with Gasteiger partial charge in [-0.3, -0.25) is 4.79 Å². The Labute approximate surface area is 205 Å². The largest absolute Gasteiger partial charge is 0.504 e. The summed E-state index contributed by atoms with van der Waals surface area (Å²) in [7, 11) is 0. The molecule has 1 aromatic rings. The maximum absolute atomic E-state index is 12.5. The van der Waals surface area contributed by atoms with E-state index in [9.17, 15) is 15.0 Å². The first-order chi connectivity index (χ1) is 18.8. The Morgan fingerprint density at radius 2 is 1.53 bits per heavy atom. The van der Waals surface area contributed by atoms with Gasteiger partial charge in [0, 0.05) is 18.4 Å². The fourth-order valence-electron chi connectivity index (χ4n) is 2.59. The minimum absolute atomic E-state index is 0.165. The number of hydrogen-bond donors (Lipinski definition) is 3. The highest BCUT2D eigenvalue weighted by atomic mass is 16.3. The molecule has 0 heterocycles. The summed E-state index contributed by atoms with van der Waals surface area (Å²) in [5, 5.41) is 19.3. The Bertz CT molecular complexity index is 1050. The van der Waals surface area contributed by atoms with Crippen LogP contribution >= 0.6 is 0 Å². The van der Waals surface area contributed by atoms with Crippen LogP contribution in [0.4, 0.5) is 0 Å². The second-order valence-electron chi connectivity index (χ2n) is 7.17. The highest BCUT2D eigenvalue weighted by Crippen LogP contribution is 2.24. The number of allylic oxidation sites excluding steroid dienone is 8. The van der Waals surface area contributed by atoms with E-state index in [1.165, 1.54) is 19.3 Å². The lowest BCUT2D eigenvalue weighted by Gasteiger charge is -2.06. The third-order valence-electron chi connectivity index (χ3n) is 4.35. The molecule has 3 N–H and O–H groups in total. The molecule has 176 valence electrons. The standard InChI is InChI=1S/C28H41NO3/c1-2-3-4-5-6-7-8-9-10-11-12-13-14-15-16-17-18-19-28(32)29-23-22-25-20-21-26(30)27(31)24-25/h6-7,9-10,12-13,15-16,20-21,24,30-31H,2-5,8,11,14,17-19,22-23H2,1H3,(H,29,32)/b7-6-,10-9-,13-12-,16-15-/i20D,21D,22D2,23D2,24D/hD. The molecule has 0 aliphatic carbocycles. The zero-order valence-electron chi connectivity index (χ0n) is 26.9. The fraction of sp³-hybridized carbons (Fsp3) is 0.464. The molecule has 0 spiro atoms. The Hall–Kier alpha value is -2.75. The molecule has 0 saturated carbocycles. The second kappa shape index (κ2) is 19.0. The summed E-state index contributed by atoms with van der Waals surface area (Å²) in [4.78, 5) is 12.5. The van der Waals surface area contributed by atoms with E-state index in [4.69, 9.17) is 11.0 Å². The lowest BCUT2D eigenvalue weighted by atomic mass is 10.1. The number of phenols is 2. The van der Waals surface area contributed by atoms with Gasteiger partial charge in [-0.05, 0) is 69.0 Å². The van der Waals surface area contributed by atoms with E-state index in [0.29, 0.717) is 12.8 Å². The van der Waals surface area contributed by atoms with Crippen LogP contribution in [-0.2, 0) is 11.2 Å². The van der Waals surface area contributed by atoms with Crippen molar-refractivity contribution >= 4 is 5.91 Å².